The minimum atomic E-state index is -0.228. The Labute approximate surface area is 123 Å². The number of halogens is 1. The molecule has 5 heteroatoms. The van der Waals surface area contributed by atoms with Crippen LogP contribution in [0.4, 0.5) is 5.69 Å². The van der Waals surface area contributed by atoms with E-state index in [-0.39, 0.29) is 6.10 Å². The fourth-order valence-electron chi connectivity index (χ4n) is 2.71. The molecule has 0 aliphatic carbocycles. The van der Waals surface area contributed by atoms with Crippen molar-refractivity contribution in [2.45, 2.75) is 25.1 Å². The molecular formula is C14H22BrN3O. The molecule has 0 radical (unpaired) electrons. The maximum absolute atomic E-state index is 9.90. The Kier molecular flexibility index (Phi) is 4.84. The summed E-state index contributed by atoms with van der Waals surface area (Å²) in [4.78, 5) is 4.49. The number of hydrogen-bond donors (Lipinski definition) is 2. The number of aliphatic hydroxyl groups is 1. The quantitative estimate of drug-likeness (QED) is 0.823. The maximum atomic E-state index is 9.90. The van der Waals surface area contributed by atoms with Crippen LogP contribution < -0.4 is 5.73 Å². The van der Waals surface area contributed by atoms with Gasteiger partial charge in [-0.15, -0.1) is 0 Å². The number of nitrogen functional groups attached to an aromatic ring is 1. The van der Waals surface area contributed by atoms with Crippen molar-refractivity contribution in [3.63, 3.8) is 0 Å². The number of rotatable bonds is 4. The van der Waals surface area contributed by atoms with Crippen LogP contribution in [0.15, 0.2) is 22.7 Å². The monoisotopic (exact) mass is 327 g/mol. The van der Waals surface area contributed by atoms with Crippen molar-refractivity contribution in [2.75, 3.05) is 32.9 Å². The standard InChI is InChI=1S/C14H22BrN3O/c1-17(2)7-10-6-11(19)8-18(10)9-12-13(15)4-3-5-14(12)16/h3-5,10-11,19H,6-9,16H2,1-2H3. The van der Waals surface area contributed by atoms with E-state index in [9.17, 15) is 5.11 Å². The van der Waals surface area contributed by atoms with Crippen molar-refractivity contribution in [3.8, 4) is 0 Å². The summed E-state index contributed by atoms with van der Waals surface area (Å²) >= 11 is 3.56. The van der Waals surface area contributed by atoms with Gasteiger partial charge in [0.15, 0.2) is 0 Å². The number of likely N-dealkylation sites (tertiary alicyclic amines) is 1. The Morgan fingerprint density at radius 1 is 1.47 bits per heavy atom. The van der Waals surface area contributed by atoms with Crippen molar-refractivity contribution in [2.24, 2.45) is 0 Å². The number of nitrogens with zero attached hydrogens (tertiary/aromatic N) is 2. The summed E-state index contributed by atoms with van der Waals surface area (Å²) in [5.74, 6) is 0. The van der Waals surface area contributed by atoms with Crippen molar-refractivity contribution in [3.05, 3.63) is 28.2 Å². The second kappa shape index (κ2) is 6.22. The first-order valence-electron chi connectivity index (χ1n) is 6.57. The summed E-state index contributed by atoms with van der Waals surface area (Å²) in [5, 5.41) is 9.90. The number of hydrogen-bond acceptors (Lipinski definition) is 4. The second-order valence-electron chi connectivity index (χ2n) is 5.54. The topological polar surface area (TPSA) is 52.7 Å². The Morgan fingerprint density at radius 2 is 2.21 bits per heavy atom. The highest BCUT2D eigenvalue weighted by molar-refractivity contribution is 9.10. The van der Waals surface area contributed by atoms with E-state index in [1.807, 2.05) is 18.2 Å². The Balaban J connectivity index is 2.12. The van der Waals surface area contributed by atoms with E-state index in [1.54, 1.807) is 0 Å². The molecule has 4 nitrogen and oxygen atoms in total. The van der Waals surface area contributed by atoms with Gasteiger partial charge in [-0.25, -0.2) is 0 Å². The summed E-state index contributed by atoms with van der Waals surface area (Å²) < 4.78 is 1.04. The smallest absolute Gasteiger partial charge is 0.0682 e. The van der Waals surface area contributed by atoms with E-state index < -0.39 is 0 Å². The Hall–Kier alpha value is -0.620. The summed E-state index contributed by atoms with van der Waals surface area (Å²) in [5.41, 5.74) is 7.97. The number of likely N-dealkylation sites (N-methyl/N-ethyl adjacent to an activating group) is 1. The number of β-amino-alcohol motifs (C(OH)–C–C–N with tert-alkyl or cyclic N) is 1. The largest absolute Gasteiger partial charge is 0.398 e. The van der Waals surface area contributed by atoms with Crippen LogP contribution in [0.25, 0.3) is 0 Å². The molecule has 19 heavy (non-hydrogen) atoms. The van der Waals surface area contributed by atoms with Gasteiger partial charge < -0.3 is 15.7 Å². The average Bonchev–Trinajstić information content (AvgIpc) is 2.63. The fraction of sp³-hybridized carbons (Fsp3) is 0.571. The van der Waals surface area contributed by atoms with Gasteiger partial charge in [-0.3, -0.25) is 4.90 Å². The molecule has 1 saturated heterocycles. The van der Waals surface area contributed by atoms with Gasteiger partial charge in [0.1, 0.15) is 0 Å². The molecule has 1 aromatic rings. The summed E-state index contributed by atoms with van der Waals surface area (Å²) in [6.07, 6.45) is 0.608. The van der Waals surface area contributed by atoms with Gasteiger partial charge in [-0.2, -0.15) is 0 Å². The highest BCUT2D eigenvalue weighted by Gasteiger charge is 2.31. The van der Waals surface area contributed by atoms with Gasteiger partial charge in [-0.1, -0.05) is 22.0 Å². The minimum absolute atomic E-state index is 0.228. The molecule has 0 amide bonds. The van der Waals surface area contributed by atoms with Crippen molar-refractivity contribution < 1.29 is 5.11 Å². The first-order valence-corrected chi connectivity index (χ1v) is 7.36. The van der Waals surface area contributed by atoms with Gasteiger partial charge in [0.05, 0.1) is 6.10 Å². The first-order chi connectivity index (χ1) is 8.97. The number of aliphatic hydroxyl groups excluding tert-OH is 1. The third-order valence-corrected chi connectivity index (χ3v) is 4.34. The molecule has 0 saturated carbocycles. The zero-order valence-electron chi connectivity index (χ0n) is 11.5. The molecule has 0 aromatic heterocycles. The van der Waals surface area contributed by atoms with Crippen LogP contribution in [0.5, 0.6) is 0 Å². The SMILES string of the molecule is CN(C)CC1CC(O)CN1Cc1c(N)cccc1Br. The summed E-state index contributed by atoms with van der Waals surface area (Å²) in [6.45, 7) is 2.46. The van der Waals surface area contributed by atoms with Crippen molar-refractivity contribution in [1.82, 2.24) is 9.80 Å². The molecule has 2 unspecified atom stereocenters. The van der Waals surface area contributed by atoms with Gasteiger partial charge >= 0.3 is 0 Å². The van der Waals surface area contributed by atoms with Crippen molar-refractivity contribution >= 4 is 21.6 Å². The normalized spacial score (nSPS) is 24.3. The zero-order chi connectivity index (χ0) is 14.0. The van der Waals surface area contributed by atoms with Gasteiger partial charge in [-0.05, 0) is 32.6 Å². The molecule has 1 aromatic carbocycles. The third-order valence-electron chi connectivity index (χ3n) is 3.60. The lowest BCUT2D eigenvalue weighted by atomic mass is 10.1. The zero-order valence-corrected chi connectivity index (χ0v) is 13.1. The molecule has 1 aliphatic heterocycles. The molecule has 1 heterocycles. The van der Waals surface area contributed by atoms with Gasteiger partial charge in [0.2, 0.25) is 0 Å². The van der Waals surface area contributed by atoms with Crippen LogP contribution in [-0.2, 0) is 6.54 Å². The van der Waals surface area contributed by atoms with Crippen LogP contribution in [0.3, 0.4) is 0 Å². The van der Waals surface area contributed by atoms with E-state index in [2.05, 4.69) is 39.8 Å². The lowest BCUT2D eigenvalue weighted by Crippen LogP contribution is -2.37. The molecule has 1 fully saturated rings. The van der Waals surface area contributed by atoms with E-state index >= 15 is 0 Å². The van der Waals surface area contributed by atoms with Crippen LogP contribution in [0.1, 0.15) is 12.0 Å². The van der Waals surface area contributed by atoms with E-state index in [4.69, 9.17) is 5.73 Å². The highest BCUT2D eigenvalue weighted by Crippen LogP contribution is 2.28. The lowest BCUT2D eigenvalue weighted by Gasteiger charge is -2.27. The predicted octanol–water partition coefficient (Wildman–Crippen LogP) is 1.53. The maximum Gasteiger partial charge on any atom is 0.0682 e. The first kappa shape index (κ1) is 14.8. The molecule has 0 bridgehead atoms. The summed E-state index contributed by atoms with van der Waals surface area (Å²) in [7, 11) is 4.13. The van der Waals surface area contributed by atoms with E-state index in [0.29, 0.717) is 6.04 Å². The predicted molar refractivity (Wildman–Crippen MR) is 81.9 cm³/mol. The van der Waals surface area contributed by atoms with Crippen molar-refractivity contribution in [1.29, 1.82) is 0 Å². The van der Waals surface area contributed by atoms with Gasteiger partial charge in [0, 0.05) is 41.4 Å². The molecule has 1 aliphatic rings. The van der Waals surface area contributed by atoms with Crippen LogP contribution >= 0.6 is 15.9 Å². The van der Waals surface area contributed by atoms with E-state index in [0.717, 1.165) is 41.8 Å². The molecular weight excluding hydrogens is 306 g/mol. The molecule has 106 valence electrons. The minimum Gasteiger partial charge on any atom is -0.398 e. The van der Waals surface area contributed by atoms with E-state index in [1.165, 1.54) is 0 Å². The molecule has 2 atom stereocenters. The number of nitrogens with two attached hydrogens (primary N) is 1. The molecule has 0 spiro atoms. The average molecular weight is 328 g/mol. The lowest BCUT2D eigenvalue weighted by molar-refractivity contribution is 0.169. The number of benzene rings is 1. The van der Waals surface area contributed by atoms with Gasteiger partial charge in [0.25, 0.3) is 0 Å². The second-order valence-corrected chi connectivity index (χ2v) is 6.40. The Morgan fingerprint density at radius 3 is 2.84 bits per heavy atom. The highest BCUT2D eigenvalue weighted by atomic mass is 79.9. The van der Waals surface area contributed by atoms with Crippen LogP contribution in [0.2, 0.25) is 0 Å². The van der Waals surface area contributed by atoms with Crippen LogP contribution in [0, 0.1) is 0 Å². The summed E-state index contributed by atoms with van der Waals surface area (Å²) in [6, 6.07) is 6.27. The fourth-order valence-corrected chi connectivity index (χ4v) is 3.21. The number of anilines is 1. The molecule has 3 N–H and O–H groups in total. The van der Waals surface area contributed by atoms with Crippen LogP contribution in [-0.4, -0.2) is 54.2 Å². The molecule has 2 rings (SSSR count). The third kappa shape index (κ3) is 3.69. The Bertz CT molecular complexity index is 418.